The van der Waals surface area contributed by atoms with Crippen LogP contribution in [0.3, 0.4) is 0 Å². The summed E-state index contributed by atoms with van der Waals surface area (Å²) in [4.78, 5) is 7.97. The van der Waals surface area contributed by atoms with Crippen LogP contribution in [-0.4, -0.2) is 16.5 Å². The van der Waals surface area contributed by atoms with Gasteiger partial charge in [0, 0.05) is 18.1 Å². The van der Waals surface area contributed by atoms with E-state index in [0.29, 0.717) is 0 Å². The molecule has 3 rings (SSSR count). The fraction of sp³-hybridized carbons (Fsp3) is 0.0769. The lowest BCUT2D eigenvalue weighted by Crippen LogP contribution is -2.05. The number of nitrogens with zero attached hydrogens (tertiary/aromatic N) is 2. The Morgan fingerprint density at radius 2 is 2.06 bits per heavy atom. The second kappa shape index (κ2) is 5.66. The molecule has 3 heteroatoms. The summed E-state index contributed by atoms with van der Waals surface area (Å²) in [5.74, 6) is 0. The second-order valence-electron chi connectivity index (χ2n) is 3.28. The van der Waals surface area contributed by atoms with E-state index >= 15 is 0 Å². The van der Waals surface area contributed by atoms with Crippen LogP contribution in [0, 0.1) is 0 Å². The molecule has 0 atom stereocenters. The SMILES string of the molecule is C1=CCNC=C1.c1ccc2ncncc2c1. The lowest BCUT2D eigenvalue weighted by Gasteiger charge is -1.94. The second-order valence-corrected chi connectivity index (χ2v) is 3.28. The molecule has 80 valence electrons. The molecule has 0 aliphatic carbocycles. The molecule has 0 fully saturated rings. The van der Waals surface area contributed by atoms with E-state index in [1.807, 2.05) is 48.8 Å². The molecule has 1 aromatic carbocycles. The van der Waals surface area contributed by atoms with Gasteiger partial charge in [-0.1, -0.05) is 30.4 Å². The molecule has 2 aromatic rings. The number of dihydropyridines is 1. The number of nitrogens with one attached hydrogen (secondary N) is 1. The summed E-state index contributed by atoms with van der Waals surface area (Å²) in [7, 11) is 0. The van der Waals surface area contributed by atoms with E-state index in [4.69, 9.17) is 0 Å². The van der Waals surface area contributed by atoms with Gasteiger partial charge in [0.05, 0.1) is 5.52 Å². The zero-order chi connectivity index (χ0) is 11.1. The molecule has 3 nitrogen and oxygen atoms in total. The average Bonchev–Trinajstić information content (AvgIpc) is 2.42. The van der Waals surface area contributed by atoms with Crippen molar-refractivity contribution < 1.29 is 0 Å². The number of hydrogen-bond acceptors (Lipinski definition) is 3. The topological polar surface area (TPSA) is 37.8 Å². The lowest BCUT2D eigenvalue weighted by molar-refractivity contribution is 0.972. The number of hydrogen-bond donors (Lipinski definition) is 1. The Kier molecular flexibility index (Phi) is 3.66. The van der Waals surface area contributed by atoms with Gasteiger partial charge in [0.1, 0.15) is 6.33 Å². The smallest absolute Gasteiger partial charge is 0.116 e. The van der Waals surface area contributed by atoms with E-state index in [-0.39, 0.29) is 0 Å². The van der Waals surface area contributed by atoms with Gasteiger partial charge in [-0.15, -0.1) is 0 Å². The summed E-state index contributed by atoms with van der Waals surface area (Å²) < 4.78 is 0. The van der Waals surface area contributed by atoms with Gasteiger partial charge in [-0.2, -0.15) is 0 Å². The highest BCUT2D eigenvalue weighted by Crippen LogP contribution is 2.06. The van der Waals surface area contributed by atoms with E-state index in [1.54, 1.807) is 6.33 Å². The molecule has 0 saturated carbocycles. The van der Waals surface area contributed by atoms with Crippen molar-refractivity contribution in [3.05, 3.63) is 61.2 Å². The van der Waals surface area contributed by atoms with Crippen molar-refractivity contribution in [3.8, 4) is 0 Å². The van der Waals surface area contributed by atoms with Gasteiger partial charge in [0.15, 0.2) is 0 Å². The zero-order valence-electron chi connectivity index (χ0n) is 8.88. The molecule has 0 spiro atoms. The van der Waals surface area contributed by atoms with Crippen LogP contribution >= 0.6 is 0 Å². The third-order valence-electron chi connectivity index (χ3n) is 2.11. The van der Waals surface area contributed by atoms with Crippen LogP contribution in [0.5, 0.6) is 0 Å². The van der Waals surface area contributed by atoms with E-state index < -0.39 is 0 Å². The molecule has 0 amide bonds. The van der Waals surface area contributed by atoms with E-state index in [2.05, 4.69) is 21.4 Å². The highest BCUT2D eigenvalue weighted by Gasteiger charge is 1.87. The first-order valence-electron chi connectivity index (χ1n) is 5.16. The maximum atomic E-state index is 4.07. The normalized spacial score (nSPS) is 12.8. The van der Waals surface area contributed by atoms with Gasteiger partial charge >= 0.3 is 0 Å². The monoisotopic (exact) mass is 211 g/mol. The van der Waals surface area contributed by atoms with Crippen molar-refractivity contribution in [1.29, 1.82) is 0 Å². The molecule has 2 heterocycles. The summed E-state index contributed by atoms with van der Waals surface area (Å²) in [6, 6.07) is 7.91. The first-order chi connectivity index (χ1) is 7.97. The number of benzene rings is 1. The van der Waals surface area contributed by atoms with Gasteiger partial charge in [-0.3, -0.25) is 0 Å². The third kappa shape index (κ3) is 2.92. The van der Waals surface area contributed by atoms with Crippen LogP contribution < -0.4 is 5.32 Å². The predicted octanol–water partition coefficient (Wildman–Crippen LogP) is 2.29. The van der Waals surface area contributed by atoms with Gasteiger partial charge in [0.25, 0.3) is 0 Å². The van der Waals surface area contributed by atoms with Crippen LogP contribution in [0.25, 0.3) is 10.9 Å². The Morgan fingerprint density at radius 1 is 1.12 bits per heavy atom. The molecule has 1 aliphatic rings. The van der Waals surface area contributed by atoms with Crippen molar-refractivity contribution in [1.82, 2.24) is 15.3 Å². The van der Waals surface area contributed by atoms with E-state index in [9.17, 15) is 0 Å². The van der Waals surface area contributed by atoms with Gasteiger partial charge in [-0.25, -0.2) is 9.97 Å². The molecular formula is C13H13N3. The first-order valence-corrected chi connectivity index (χ1v) is 5.16. The van der Waals surface area contributed by atoms with Crippen molar-refractivity contribution >= 4 is 10.9 Å². The van der Waals surface area contributed by atoms with Crippen LogP contribution in [0.15, 0.2) is 61.2 Å². The molecule has 1 N–H and O–H groups in total. The van der Waals surface area contributed by atoms with E-state index in [1.165, 1.54) is 0 Å². The minimum atomic E-state index is 0.983. The molecule has 1 aliphatic heterocycles. The molecule has 16 heavy (non-hydrogen) atoms. The summed E-state index contributed by atoms with van der Waals surface area (Å²) in [5.41, 5.74) is 0.998. The quantitative estimate of drug-likeness (QED) is 0.726. The van der Waals surface area contributed by atoms with Gasteiger partial charge < -0.3 is 5.32 Å². The van der Waals surface area contributed by atoms with Gasteiger partial charge in [-0.05, 0) is 18.3 Å². The van der Waals surface area contributed by atoms with Crippen LogP contribution in [0.2, 0.25) is 0 Å². The van der Waals surface area contributed by atoms with Crippen LogP contribution in [-0.2, 0) is 0 Å². The Hall–Kier alpha value is -2.16. The summed E-state index contributed by atoms with van der Waals surface area (Å²) in [5, 5.41) is 4.11. The Morgan fingerprint density at radius 3 is 2.69 bits per heavy atom. The Labute approximate surface area is 94.5 Å². The predicted molar refractivity (Wildman–Crippen MR) is 65.8 cm³/mol. The average molecular weight is 211 g/mol. The standard InChI is InChI=1S/C8H6N2.C5H7N/c1-2-4-8-7(3-1)5-9-6-10-8;1-2-4-6-5-3-1/h1-6H;1-4,6H,5H2. The molecule has 0 saturated heterocycles. The Bertz CT molecular complexity index is 426. The van der Waals surface area contributed by atoms with Crippen molar-refractivity contribution in [3.63, 3.8) is 0 Å². The number of aromatic nitrogens is 2. The van der Waals surface area contributed by atoms with Crippen molar-refractivity contribution in [2.75, 3.05) is 6.54 Å². The van der Waals surface area contributed by atoms with Crippen molar-refractivity contribution in [2.24, 2.45) is 0 Å². The maximum Gasteiger partial charge on any atom is 0.116 e. The fourth-order valence-corrected chi connectivity index (χ4v) is 1.33. The van der Waals surface area contributed by atoms with Crippen LogP contribution in [0.4, 0.5) is 0 Å². The highest BCUT2D eigenvalue weighted by atomic mass is 14.8. The lowest BCUT2D eigenvalue weighted by atomic mass is 10.2. The summed E-state index contributed by atoms with van der Waals surface area (Å²) >= 11 is 0. The number of rotatable bonds is 0. The Balaban J connectivity index is 0.000000138. The highest BCUT2D eigenvalue weighted by molar-refractivity contribution is 5.76. The zero-order valence-corrected chi connectivity index (χ0v) is 8.88. The maximum absolute atomic E-state index is 4.07. The number of allylic oxidation sites excluding steroid dienone is 2. The summed E-state index contributed by atoms with van der Waals surface area (Å²) in [6.07, 6.45) is 11.4. The molecule has 0 bridgehead atoms. The third-order valence-corrected chi connectivity index (χ3v) is 2.11. The first kappa shape index (κ1) is 10.4. The summed E-state index contributed by atoms with van der Waals surface area (Å²) in [6.45, 7) is 0.983. The van der Waals surface area contributed by atoms with E-state index in [0.717, 1.165) is 17.4 Å². The molecule has 1 aromatic heterocycles. The van der Waals surface area contributed by atoms with Gasteiger partial charge in [0.2, 0.25) is 0 Å². The number of para-hydroxylation sites is 1. The largest absolute Gasteiger partial charge is 0.387 e. The minimum Gasteiger partial charge on any atom is -0.387 e. The molecule has 0 unspecified atom stereocenters. The molecular weight excluding hydrogens is 198 g/mol. The number of fused-ring (bicyclic) bond motifs is 1. The van der Waals surface area contributed by atoms with Crippen LogP contribution in [0.1, 0.15) is 0 Å². The minimum absolute atomic E-state index is 0.983. The molecule has 0 radical (unpaired) electrons. The van der Waals surface area contributed by atoms with Crippen molar-refractivity contribution in [2.45, 2.75) is 0 Å². The fourth-order valence-electron chi connectivity index (χ4n) is 1.33.